The van der Waals surface area contributed by atoms with E-state index < -0.39 is 22.0 Å². The number of carbonyl (C=O) groups is 2. The number of nitrogens with zero attached hydrogens (tertiary/aromatic N) is 2. The van der Waals surface area contributed by atoms with Crippen molar-refractivity contribution in [2.45, 2.75) is 17.7 Å². The number of carbonyl (C=O) groups excluding carboxylic acids is 2. The maximum absolute atomic E-state index is 13.0. The van der Waals surface area contributed by atoms with E-state index in [-0.39, 0.29) is 36.3 Å². The molecule has 192 valence electrons. The van der Waals surface area contributed by atoms with Crippen molar-refractivity contribution in [3.63, 3.8) is 0 Å². The van der Waals surface area contributed by atoms with Crippen LogP contribution in [-0.2, 0) is 19.6 Å². The van der Waals surface area contributed by atoms with Crippen LogP contribution >= 0.6 is 11.6 Å². The van der Waals surface area contributed by atoms with Gasteiger partial charge < -0.3 is 9.47 Å². The highest BCUT2D eigenvalue weighted by molar-refractivity contribution is 7.90. The number of benzene rings is 3. The third-order valence-electron chi connectivity index (χ3n) is 5.51. The molecule has 3 aromatic carbocycles. The lowest BCUT2D eigenvalue weighted by molar-refractivity contribution is -0.145. The Morgan fingerprint density at radius 2 is 1.70 bits per heavy atom. The van der Waals surface area contributed by atoms with Gasteiger partial charge in [-0.05, 0) is 54.4 Å². The van der Waals surface area contributed by atoms with Crippen LogP contribution in [0, 0.1) is 0 Å². The van der Waals surface area contributed by atoms with Gasteiger partial charge in [0.25, 0.3) is 10.0 Å². The molecule has 11 heteroatoms. The first kappa shape index (κ1) is 26.2. The normalized spacial score (nSPS) is 15.1. The molecule has 0 saturated heterocycles. The Morgan fingerprint density at radius 1 is 1.03 bits per heavy atom. The molecule has 1 atom stereocenters. The minimum atomic E-state index is -4.20. The van der Waals surface area contributed by atoms with Gasteiger partial charge in [0.1, 0.15) is 5.75 Å². The van der Waals surface area contributed by atoms with Crippen molar-refractivity contribution in [1.82, 2.24) is 9.73 Å². The molecule has 0 bridgehead atoms. The fourth-order valence-corrected chi connectivity index (χ4v) is 4.82. The number of hydrogen-bond acceptors (Lipinski definition) is 7. The standard InChI is InChI=1S/C26H24ClN3O6S/c1-2-35-24(31)17-36-21-12-14-22(15-13-21)37(33,34)29-26(32)30-16-23(18-6-4-3-5-7-18)25(28-30)19-8-10-20(27)11-9-19/h3-15,23H,2,16-17H2,1H3,(H,29,32). The maximum atomic E-state index is 13.0. The Morgan fingerprint density at radius 3 is 2.35 bits per heavy atom. The van der Waals surface area contributed by atoms with Crippen LogP contribution in [0.15, 0.2) is 88.9 Å². The largest absolute Gasteiger partial charge is 0.482 e. The van der Waals surface area contributed by atoms with Crippen LogP contribution in [0.5, 0.6) is 5.75 Å². The van der Waals surface area contributed by atoms with Gasteiger partial charge in [0.05, 0.1) is 23.8 Å². The zero-order chi connectivity index (χ0) is 26.4. The Labute approximate surface area is 219 Å². The first-order valence-electron chi connectivity index (χ1n) is 11.4. The number of amides is 2. The molecule has 2 amide bonds. The molecule has 0 fully saturated rings. The van der Waals surface area contributed by atoms with Gasteiger partial charge in [0, 0.05) is 10.9 Å². The van der Waals surface area contributed by atoms with Gasteiger partial charge in [-0.1, -0.05) is 54.1 Å². The molecule has 1 aliphatic heterocycles. The molecular formula is C26H24ClN3O6S. The van der Waals surface area contributed by atoms with Crippen LogP contribution in [0.1, 0.15) is 24.0 Å². The predicted octanol–water partition coefficient (Wildman–Crippen LogP) is 4.18. The summed E-state index contributed by atoms with van der Waals surface area (Å²) in [6.07, 6.45) is 0. The molecule has 9 nitrogen and oxygen atoms in total. The number of hydrogen-bond donors (Lipinski definition) is 1. The van der Waals surface area contributed by atoms with E-state index >= 15 is 0 Å². The van der Waals surface area contributed by atoms with E-state index in [4.69, 9.17) is 21.1 Å². The number of rotatable bonds is 8. The first-order valence-corrected chi connectivity index (χ1v) is 13.2. The summed E-state index contributed by atoms with van der Waals surface area (Å²) in [5.41, 5.74) is 2.33. The minimum Gasteiger partial charge on any atom is -0.482 e. The smallest absolute Gasteiger partial charge is 0.351 e. The molecule has 3 aromatic rings. The van der Waals surface area contributed by atoms with Crippen molar-refractivity contribution in [2.75, 3.05) is 19.8 Å². The Bertz CT molecular complexity index is 1390. The van der Waals surface area contributed by atoms with Crippen LogP contribution in [0.3, 0.4) is 0 Å². The quantitative estimate of drug-likeness (QED) is 0.428. The Hall–Kier alpha value is -3.89. The molecule has 1 aliphatic rings. The second-order valence-corrected chi connectivity index (χ2v) is 10.1. The Kier molecular flexibility index (Phi) is 8.10. The Balaban J connectivity index is 1.49. The molecule has 1 unspecified atom stereocenters. The third-order valence-corrected chi connectivity index (χ3v) is 7.10. The zero-order valence-electron chi connectivity index (χ0n) is 19.8. The van der Waals surface area contributed by atoms with E-state index in [1.165, 1.54) is 24.3 Å². The molecule has 1 N–H and O–H groups in total. The van der Waals surface area contributed by atoms with Crippen LogP contribution in [0.2, 0.25) is 5.02 Å². The van der Waals surface area contributed by atoms with E-state index in [9.17, 15) is 18.0 Å². The second-order valence-electron chi connectivity index (χ2n) is 8.01. The summed E-state index contributed by atoms with van der Waals surface area (Å²) in [6.45, 7) is 1.76. The summed E-state index contributed by atoms with van der Waals surface area (Å²) >= 11 is 6.03. The lowest BCUT2D eigenvalue weighted by Crippen LogP contribution is -2.39. The third kappa shape index (κ3) is 6.46. The van der Waals surface area contributed by atoms with Gasteiger partial charge in [0.15, 0.2) is 6.61 Å². The van der Waals surface area contributed by atoms with Crippen molar-refractivity contribution < 1.29 is 27.5 Å². The van der Waals surface area contributed by atoms with Gasteiger partial charge in [-0.15, -0.1) is 0 Å². The number of hydrazone groups is 1. The van der Waals surface area contributed by atoms with Crippen LogP contribution in [-0.4, -0.2) is 50.9 Å². The summed E-state index contributed by atoms with van der Waals surface area (Å²) in [5, 5.41) is 6.13. The molecule has 4 rings (SSSR count). The molecule has 0 aromatic heterocycles. The van der Waals surface area contributed by atoms with Crippen LogP contribution in [0.25, 0.3) is 0 Å². The molecule has 0 saturated carbocycles. The fourth-order valence-electron chi connectivity index (χ4n) is 3.74. The second kappa shape index (κ2) is 11.4. The van der Waals surface area contributed by atoms with Crippen molar-refractivity contribution in [3.05, 3.63) is 95.0 Å². The van der Waals surface area contributed by atoms with E-state index in [0.717, 1.165) is 16.1 Å². The van der Waals surface area contributed by atoms with E-state index in [1.54, 1.807) is 31.2 Å². The molecule has 0 radical (unpaired) electrons. The topological polar surface area (TPSA) is 114 Å². The summed E-state index contributed by atoms with van der Waals surface area (Å²) in [5.74, 6) is -0.517. The number of urea groups is 1. The zero-order valence-corrected chi connectivity index (χ0v) is 21.4. The number of halogens is 1. The maximum Gasteiger partial charge on any atom is 0.351 e. The summed E-state index contributed by atoms with van der Waals surface area (Å²) in [7, 11) is -4.20. The SMILES string of the molecule is CCOC(=O)COc1ccc(S(=O)(=O)NC(=O)N2CC(c3ccccc3)C(c3ccc(Cl)cc3)=N2)cc1. The lowest BCUT2D eigenvalue weighted by atomic mass is 9.91. The number of ether oxygens (including phenoxy) is 2. The highest BCUT2D eigenvalue weighted by Gasteiger charge is 2.34. The molecule has 0 aliphatic carbocycles. The summed E-state index contributed by atoms with van der Waals surface area (Å²) in [4.78, 5) is 24.3. The minimum absolute atomic E-state index is 0.148. The van der Waals surface area contributed by atoms with Crippen LogP contribution in [0.4, 0.5) is 4.79 Å². The van der Waals surface area contributed by atoms with Crippen molar-refractivity contribution >= 4 is 39.3 Å². The highest BCUT2D eigenvalue weighted by atomic mass is 35.5. The number of esters is 1. The monoisotopic (exact) mass is 541 g/mol. The molecular weight excluding hydrogens is 518 g/mol. The molecule has 1 heterocycles. The molecule has 37 heavy (non-hydrogen) atoms. The van der Waals surface area contributed by atoms with E-state index in [1.807, 2.05) is 30.3 Å². The summed E-state index contributed by atoms with van der Waals surface area (Å²) < 4.78 is 37.9. The highest BCUT2D eigenvalue weighted by Crippen LogP contribution is 2.29. The average Bonchev–Trinajstić information content (AvgIpc) is 3.34. The van der Waals surface area contributed by atoms with Gasteiger partial charge in [-0.3, -0.25) is 0 Å². The van der Waals surface area contributed by atoms with Crippen molar-refractivity contribution in [2.24, 2.45) is 5.10 Å². The number of nitrogens with one attached hydrogen (secondary N) is 1. The van der Waals surface area contributed by atoms with Crippen LogP contribution < -0.4 is 9.46 Å². The van der Waals surface area contributed by atoms with Crippen molar-refractivity contribution in [1.29, 1.82) is 0 Å². The van der Waals surface area contributed by atoms with E-state index in [2.05, 4.69) is 9.82 Å². The lowest BCUT2D eigenvalue weighted by Gasteiger charge is -2.16. The van der Waals surface area contributed by atoms with Gasteiger partial charge in [-0.2, -0.15) is 5.10 Å². The van der Waals surface area contributed by atoms with E-state index in [0.29, 0.717) is 10.7 Å². The van der Waals surface area contributed by atoms with Gasteiger partial charge >= 0.3 is 12.0 Å². The predicted molar refractivity (Wildman–Crippen MR) is 138 cm³/mol. The van der Waals surface area contributed by atoms with Crippen molar-refractivity contribution in [3.8, 4) is 5.75 Å². The molecule has 0 spiro atoms. The van der Waals surface area contributed by atoms with Gasteiger partial charge in [0.2, 0.25) is 0 Å². The first-order chi connectivity index (χ1) is 17.8. The van der Waals surface area contributed by atoms with Gasteiger partial charge in [-0.25, -0.2) is 27.7 Å². The fraction of sp³-hybridized carbons (Fsp3) is 0.192. The number of sulfonamides is 1. The average molecular weight is 542 g/mol. The summed E-state index contributed by atoms with van der Waals surface area (Å²) in [6, 6.07) is 21.0.